The van der Waals surface area contributed by atoms with Gasteiger partial charge in [-0.3, -0.25) is 4.98 Å². The van der Waals surface area contributed by atoms with Crippen LogP contribution in [0.1, 0.15) is 10.6 Å². The van der Waals surface area contributed by atoms with E-state index in [1.165, 1.54) is 16.9 Å². The van der Waals surface area contributed by atoms with Gasteiger partial charge in [0.15, 0.2) is 0 Å². The Bertz CT molecular complexity index is 430. The lowest BCUT2D eigenvalue weighted by Gasteiger charge is -2.02. The van der Waals surface area contributed by atoms with Gasteiger partial charge in [-0.1, -0.05) is 17.7 Å². The second-order valence-electron chi connectivity index (χ2n) is 3.35. The Morgan fingerprint density at radius 2 is 2.31 bits per heavy atom. The molecule has 16 heavy (non-hydrogen) atoms. The van der Waals surface area contributed by atoms with Crippen molar-refractivity contribution in [3.05, 3.63) is 45.6 Å². The number of halogens is 1. The molecule has 3 nitrogen and oxygen atoms in total. The normalized spacial score (nSPS) is 10.6. The first-order valence-corrected chi connectivity index (χ1v) is 6.24. The highest BCUT2D eigenvalue weighted by Gasteiger charge is 1.98. The number of thiazole rings is 1. The lowest BCUT2D eigenvalue weighted by Crippen LogP contribution is -2.16. The minimum absolute atomic E-state index is 0.740. The highest BCUT2D eigenvalue weighted by molar-refractivity contribution is 7.15. The smallest absolute Gasteiger partial charge is 0.113 e. The lowest BCUT2D eigenvalue weighted by atomic mass is 10.2. The Balaban J connectivity index is 1.69. The minimum Gasteiger partial charge on any atom is -0.310 e. The molecule has 0 aliphatic heterocycles. The first-order chi connectivity index (χ1) is 7.84. The van der Waals surface area contributed by atoms with Gasteiger partial charge in [0.1, 0.15) is 9.34 Å². The number of nitrogens with zero attached hydrogens (tertiary/aromatic N) is 2. The van der Waals surface area contributed by atoms with Gasteiger partial charge >= 0.3 is 0 Å². The number of pyridine rings is 1. The summed E-state index contributed by atoms with van der Waals surface area (Å²) in [4.78, 5) is 8.24. The molecule has 2 aromatic heterocycles. The molecule has 0 bridgehead atoms. The van der Waals surface area contributed by atoms with Crippen LogP contribution in [0.2, 0.25) is 4.34 Å². The molecule has 2 rings (SSSR count). The van der Waals surface area contributed by atoms with Crippen molar-refractivity contribution >= 4 is 22.9 Å². The SMILES string of the molecule is Clc1cnc(CNCCc2cccnc2)s1. The summed E-state index contributed by atoms with van der Waals surface area (Å²) in [5.41, 5.74) is 1.24. The van der Waals surface area contributed by atoms with Gasteiger partial charge in [0, 0.05) is 18.9 Å². The van der Waals surface area contributed by atoms with Crippen molar-refractivity contribution in [2.75, 3.05) is 6.54 Å². The van der Waals surface area contributed by atoms with Crippen LogP contribution in [0.5, 0.6) is 0 Å². The first-order valence-electron chi connectivity index (χ1n) is 5.04. The summed E-state index contributed by atoms with van der Waals surface area (Å²) in [5.74, 6) is 0. The molecule has 0 unspecified atom stereocenters. The van der Waals surface area contributed by atoms with E-state index in [1.807, 2.05) is 12.3 Å². The maximum absolute atomic E-state index is 5.79. The summed E-state index contributed by atoms with van der Waals surface area (Å²) in [6.07, 6.45) is 6.34. The highest BCUT2D eigenvalue weighted by Crippen LogP contribution is 2.17. The molecule has 0 aliphatic carbocycles. The van der Waals surface area contributed by atoms with E-state index in [9.17, 15) is 0 Å². The summed E-state index contributed by atoms with van der Waals surface area (Å²) in [6, 6.07) is 4.03. The van der Waals surface area contributed by atoms with Crippen LogP contribution >= 0.6 is 22.9 Å². The molecular formula is C11H12ClN3S. The van der Waals surface area contributed by atoms with Gasteiger partial charge in [-0.2, -0.15) is 0 Å². The van der Waals surface area contributed by atoms with Crippen LogP contribution in [0.4, 0.5) is 0 Å². The van der Waals surface area contributed by atoms with Gasteiger partial charge in [-0.25, -0.2) is 4.98 Å². The third-order valence-electron chi connectivity index (χ3n) is 2.11. The van der Waals surface area contributed by atoms with Crippen molar-refractivity contribution in [1.82, 2.24) is 15.3 Å². The third-order valence-corrected chi connectivity index (χ3v) is 3.23. The molecule has 2 aromatic rings. The van der Waals surface area contributed by atoms with E-state index in [0.717, 1.165) is 28.9 Å². The van der Waals surface area contributed by atoms with Gasteiger partial charge in [-0.15, -0.1) is 11.3 Å². The first kappa shape index (κ1) is 11.5. The van der Waals surface area contributed by atoms with Gasteiger partial charge in [-0.05, 0) is 24.6 Å². The summed E-state index contributed by atoms with van der Waals surface area (Å²) in [6.45, 7) is 1.69. The third kappa shape index (κ3) is 3.56. The average Bonchev–Trinajstić information content (AvgIpc) is 2.72. The zero-order valence-electron chi connectivity index (χ0n) is 8.69. The quantitative estimate of drug-likeness (QED) is 0.833. The van der Waals surface area contributed by atoms with Gasteiger partial charge < -0.3 is 5.32 Å². The van der Waals surface area contributed by atoms with Crippen LogP contribution in [0.15, 0.2) is 30.7 Å². The number of hydrogen-bond acceptors (Lipinski definition) is 4. The van der Waals surface area contributed by atoms with E-state index in [2.05, 4.69) is 21.4 Å². The largest absolute Gasteiger partial charge is 0.310 e. The van der Waals surface area contributed by atoms with Crippen LogP contribution in [-0.2, 0) is 13.0 Å². The van der Waals surface area contributed by atoms with E-state index in [4.69, 9.17) is 11.6 Å². The lowest BCUT2D eigenvalue weighted by molar-refractivity contribution is 0.683. The summed E-state index contributed by atoms with van der Waals surface area (Å²) >= 11 is 7.30. The molecule has 1 N–H and O–H groups in total. The van der Waals surface area contributed by atoms with Crippen molar-refractivity contribution in [2.24, 2.45) is 0 Å². The van der Waals surface area contributed by atoms with Crippen molar-refractivity contribution in [2.45, 2.75) is 13.0 Å². The Labute approximate surface area is 104 Å². The van der Waals surface area contributed by atoms with Crippen molar-refractivity contribution < 1.29 is 0 Å². The van der Waals surface area contributed by atoms with Crippen molar-refractivity contribution in [3.8, 4) is 0 Å². The summed E-state index contributed by atoms with van der Waals surface area (Å²) in [7, 11) is 0. The van der Waals surface area contributed by atoms with Crippen LogP contribution in [0, 0.1) is 0 Å². The second kappa shape index (κ2) is 5.94. The fraction of sp³-hybridized carbons (Fsp3) is 0.273. The number of nitrogens with one attached hydrogen (secondary N) is 1. The Hall–Kier alpha value is -0.970. The monoisotopic (exact) mass is 253 g/mol. The molecule has 0 saturated carbocycles. The van der Waals surface area contributed by atoms with Crippen molar-refractivity contribution in [1.29, 1.82) is 0 Å². The van der Waals surface area contributed by atoms with Crippen LogP contribution in [0.3, 0.4) is 0 Å². The Kier molecular flexibility index (Phi) is 4.27. The Morgan fingerprint density at radius 1 is 1.38 bits per heavy atom. The molecule has 0 aromatic carbocycles. The van der Waals surface area contributed by atoms with Crippen LogP contribution in [0.25, 0.3) is 0 Å². The number of rotatable bonds is 5. The number of hydrogen-bond donors (Lipinski definition) is 1. The summed E-state index contributed by atoms with van der Waals surface area (Å²) in [5, 5.41) is 4.35. The molecule has 0 amide bonds. The molecule has 0 radical (unpaired) electrons. The predicted octanol–water partition coefficient (Wildman–Crippen LogP) is 2.52. The second-order valence-corrected chi connectivity index (χ2v) is 5.09. The van der Waals surface area contributed by atoms with Crippen LogP contribution < -0.4 is 5.32 Å². The van der Waals surface area contributed by atoms with Crippen LogP contribution in [-0.4, -0.2) is 16.5 Å². The molecule has 0 atom stereocenters. The van der Waals surface area contributed by atoms with Gasteiger partial charge in [0.2, 0.25) is 0 Å². The van der Waals surface area contributed by atoms with E-state index < -0.39 is 0 Å². The van der Waals surface area contributed by atoms with Gasteiger partial charge in [0.05, 0.1) is 6.20 Å². The van der Waals surface area contributed by atoms with E-state index in [0.29, 0.717) is 0 Å². The fourth-order valence-electron chi connectivity index (χ4n) is 1.34. The van der Waals surface area contributed by atoms with E-state index in [-0.39, 0.29) is 0 Å². The molecular weight excluding hydrogens is 242 g/mol. The topological polar surface area (TPSA) is 37.8 Å². The molecule has 0 spiro atoms. The molecule has 5 heteroatoms. The predicted molar refractivity (Wildman–Crippen MR) is 66.8 cm³/mol. The summed E-state index contributed by atoms with van der Waals surface area (Å²) < 4.78 is 0.740. The molecule has 0 aliphatic rings. The number of aromatic nitrogens is 2. The minimum atomic E-state index is 0.740. The average molecular weight is 254 g/mol. The molecule has 2 heterocycles. The Morgan fingerprint density at radius 3 is 3.00 bits per heavy atom. The maximum Gasteiger partial charge on any atom is 0.113 e. The fourth-order valence-corrected chi connectivity index (χ4v) is 2.27. The zero-order valence-corrected chi connectivity index (χ0v) is 10.3. The van der Waals surface area contributed by atoms with Crippen molar-refractivity contribution in [3.63, 3.8) is 0 Å². The maximum atomic E-state index is 5.79. The zero-order chi connectivity index (χ0) is 11.2. The molecule has 0 fully saturated rings. The highest BCUT2D eigenvalue weighted by atomic mass is 35.5. The standard InChI is InChI=1S/C11H12ClN3S/c12-10-7-15-11(16-10)8-14-5-3-9-2-1-4-13-6-9/h1-2,4,6-7,14H,3,5,8H2. The van der Waals surface area contributed by atoms with Gasteiger partial charge in [0.25, 0.3) is 0 Å². The molecule has 0 saturated heterocycles. The van der Waals surface area contributed by atoms with E-state index in [1.54, 1.807) is 12.4 Å². The molecule has 84 valence electrons. The van der Waals surface area contributed by atoms with E-state index >= 15 is 0 Å².